The van der Waals surface area contributed by atoms with Crippen LogP contribution in [0.5, 0.6) is 0 Å². The molecule has 4 heteroatoms. The summed E-state index contributed by atoms with van der Waals surface area (Å²) in [4.78, 5) is 1.39. The van der Waals surface area contributed by atoms with E-state index in [4.69, 9.17) is 0 Å². The molecular formula is C12H17Br2NS. The van der Waals surface area contributed by atoms with Crippen molar-refractivity contribution in [3.05, 3.63) is 19.2 Å². The molecule has 0 aromatic carbocycles. The molecule has 1 N–H and O–H groups in total. The van der Waals surface area contributed by atoms with Gasteiger partial charge in [0.15, 0.2) is 0 Å². The largest absolute Gasteiger partial charge is 0.312 e. The van der Waals surface area contributed by atoms with E-state index in [-0.39, 0.29) is 0 Å². The van der Waals surface area contributed by atoms with E-state index in [2.05, 4.69) is 43.2 Å². The van der Waals surface area contributed by atoms with Gasteiger partial charge in [0.25, 0.3) is 0 Å². The second kappa shape index (κ2) is 6.53. The summed E-state index contributed by atoms with van der Waals surface area (Å²) in [6, 6.07) is 2.19. The van der Waals surface area contributed by atoms with Gasteiger partial charge in [-0.1, -0.05) is 25.7 Å². The van der Waals surface area contributed by atoms with Gasteiger partial charge in [-0.05, 0) is 56.8 Å². The zero-order chi connectivity index (χ0) is 11.4. The van der Waals surface area contributed by atoms with E-state index in [0.717, 1.165) is 19.0 Å². The third-order valence-corrected chi connectivity index (χ3v) is 6.46. The maximum Gasteiger partial charge on any atom is 0.0843 e. The predicted molar refractivity (Wildman–Crippen MR) is 78.0 cm³/mol. The van der Waals surface area contributed by atoms with Crippen LogP contribution in [-0.4, -0.2) is 6.54 Å². The number of hydrogen-bond donors (Lipinski definition) is 1. The lowest BCUT2D eigenvalue weighted by Gasteiger charge is -2.08. The smallest absolute Gasteiger partial charge is 0.0843 e. The number of rotatable bonds is 5. The number of thiophene rings is 1. The van der Waals surface area contributed by atoms with Gasteiger partial charge >= 0.3 is 0 Å². The molecule has 1 aliphatic rings. The second-order valence-electron chi connectivity index (χ2n) is 4.45. The lowest BCUT2D eigenvalue weighted by Crippen LogP contribution is -2.16. The molecule has 1 aromatic rings. The highest BCUT2D eigenvalue weighted by molar-refractivity contribution is 9.13. The molecule has 0 bridgehead atoms. The zero-order valence-electron chi connectivity index (χ0n) is 9.27. The highest BCUT2D eigenvalue weighted by Gasteiger charge is 2.13. The van der Waals surface area contributed by atoms with E-state index >= 15 is 0 Å². The summed E-state index contributed by atoms with van der Waals surface area (Å²) in [5, 5.41) is 3.54. The van der Waals surface area contributed by atoms with Crippen LogP contribution in [0.1, 0.15) is 37.0 Å². The summed E-state index contributed by atoms with van der Waals surface area (Å²) < 4.78 is 2.37. The minimum atomic E-state index is 0.995. The Morgan fingerprint density at radius 1 is 1.31 bits per heavy atom. The number of nitrogens with one attached hydrogen (secondary N) is 1. The standard InChI is InChI=1S/C12H17Br2NS/c13-11-7-10(16-12(11)14)8-15-6-5-9-3-1-2-4-9/h7,9,15H,1-6,8H2. The zero-order valence-corrected chi connectivity index (χ0v) is 13.3. The molecule has 1 aliphatic carbocycles. The van der Waals surface area contributed by atoms with Gasteiger partial charge in [0.1, 0.15) is 0 Å². The highest BCUT2D eigenvalue weighted by atomic mass is 79.9. The molecular weight excluding hydrogens is 350 g/mol. The molecule has 0 unspecified atom stereocenters. The van der Waals surface area contributed by atoms with Crippen LogP contribution in [0.2, 0.25) is 0 Å². The van der Waals surface area contributed by atoms with E-state index in [9.17, 15) is 0 Å². The fourth-order valence-electron chi connectivity index (χ4n) is 2.30. The van der Waals surface area contributed by atoms with Crippen LogP contribution in [0.4, 0.5) is 0 Å². The second-order valence-corrected chi connectivity index (χ2v) is 7.76. The van der Waals surface area contributed by atoms with E-state index < -0.39 is 0 Å². The topological polar surface area (TPSA) is 12.0 Å². The molecule has 2 rings (SSSR count). The van der Waals surface area contributed by atoms with Gasteiger partial charge in [-0.2, -0.15) is 0 Å². The van der Waals surface area contributed by atoms with Crippen LogP contribution in [0.25, 0.3) is 0 Å². The molecule has 0 radical (unpaired) electrons. The van der Waals surface area contributed by atoms with Crippen molar-refractivity contribution in [1.29, 1.82) is 0 Å². The summed E-state index contributed by atoms with van der Waals surface area (Å²) >= 11 is 8.84. The molecule has 16 heavy (non-hydrogen) atoms. The Hall–Kier alpha value is 0.620. The first kappa shape index (κ1) is 13.1. The van der Waals surface area contributed by atoms with Crippen molar-refractivity contribution in [2.75, 3.05) is 6.54 Å². The maximum atomic E-state index is 3.54. The van der Waals surface area contributed by atoms with Gasteiger partial charge in [0, 0.05) is 15.9 Å². The van der Waals surface area contributed by atoms with Gasteiger partial charge in [-0.25, -0.2) is 0 Å². The highest BCUT2D eigenvalue weighted by Crippen LogP contribution is 2.32. The SMILES string of the molecule is Brc1cc(CNCCC2CCCC2)sc1Br. The van der Waals surface area contributed by atoms with Crippen LogP contribution in [0.15, 0.2) is 14.3 Å². The lowest BCUT2D eigenvalue weighted by molar-refractivity contribution is 0.478. The quantitative estimate of drug-likeness (QED) is 0.727. The van der Waals surface area contributed by atoms with Gasteiger partial charge < -0.3 is 5.32 Å². The van der Waals surface area contributed by atoms with Crippen molar-refractivity contribution < 1.29 is 0 Å². The van der Waals surface area contributed by atoms with Crippen molar-refractivity contribution >= 4 is 43.2 Å². The van der Waals surface area contributed by atoms with Crippen molar-refractivity contribution in [2.45, 2.75) is 38.6 Å². The molecule has 0 atom stereocenters. The van der Waals surface area contributed by atoms with Gasteiger partial charge in [-0.15, -0.1) is 11.3 Å². The van der Waals surface area contributed by atoms with Crippen molar-refractivity contribution in [2.24, 2.45) is 5.92 Å². The predicted octanol–water partition coefficient (Wildman–Crippen LogP) is 4.94. The average molecular weight is 367 g/mol. The van der Waals surface area contributed by atoms with E-state index in [1.54, 1.807) is 11.3 Å². The average Bonchev–Trinajstić information content (AvgIpc) is 2.85. The first-order chi connectivity index (χ1) is 7.75. The molecule has 0 saturated heterocycles. The summed E-state index contributed by atoms with van der Waals surface area (Å²) in [7, 11) is 0. The Bertz CT molecular complexity index is 312. The van der Waals surface area contributed by atoms with Gasteiger partial charge in [0.2, 0.25) is 0 Å². The van der Waals surface area contributed by atoms with Crippen LogP contribution >= 0.6 is 43.2 Å². The Morgan fingerprint density at radius 2 is 2.06 bits per heavy atom. The molecule has 0 aliphatic heterocycles. The molecule has 0 spiro atoms. The fourth-order valence-corrected chi connectivity index (χ4v) is 4.44. The van der Waals surface area contributed by atoms with Crippen molar-refractivity contribution in [1.82, 2.24) is 5.32 Å². The third-order valence-electron chi connectivity index (χ3n) is 3.20. The first-order valence-corrected chi connectivity index (χ1v) is 8.30. The Morgan fingerprint density at radius 3 is 2.69 bits per heavy atom. The van der Waals surface area contributed by atoms with Crippen molar-refractivity contribution in [3.8, 4) is 0 Å². The van der Waals surface area contributed by atoms with E-state index in [1.807, 2.05) is 0 Å². The van der Waals surface area contributed by atoms with Crippen LogP contribution in [-0.2, 0) is 6.54 Å². The molecule has 90 valence electrons. The van der Waals surface area contributed by atoms with Crippen LogP contribution in [0, 0.1) is 5.92 Å². The monoisotopic (exact) mass is 365 g/mol. The lowest BCUT2D eigenvalue weighted by atomic mass is 10.0. The molecule has 1 saturated carbocycles. The van der Waals surface area contributed by atoms with Gasteiger partial charge in [-0.3, -0.25) is 0 Å². The molecule has 1 heterocycles. The normalized spacial score (nSPS) is 17.1. The minimum Gasteiger partial charge on any atom is -0.312 e. The Balaban J connectivity index is 1.64. The van der Waals surface area contributed by atoms with Crippen LogP contribution in [0.3, 0.4) is 0 Å². The summed E-state index contributed by atoms with van der Waals surface area (Å²) in [5.41, 5.74) is 0. The van der Waals surface area contributed by atoms with Crippen molar-refractivity contribution in [3.63, 3.8) is 0 Å². The summed E-state index contributed by atoms with van der Waals surface area (Å²) in [5.74, 6) is 0.995. The Labute approximate surface area is 118 Å². The summed E-state index contributed by atoms with van der Waals surface area (Å²) in [6.07, 6.45) is 7.17. The summed E-state index contributed by atoms with van der Waals surface area (Å²) in [6.45, 7) is 2.17. The fraction of sp³-hybridized carbons (Fsp3) is 0.667. The molecule has 1 aromatic heterocycles. The molecule has 1 fully saturated rings. The first-order valence-electron chi connectivity index (χ1n) is 5.90. The maximum absolute atomic E-state index is 3.54. The van der Waals surface area contributed by atoms with E-state index in [1.165, 1.54) is 45.2 Å². The van der Waals surface area contributed by atoms with Gasteiger partial charge in [0.05, 0.1) is 3.79 Å². The van der Waals surface area contributed by atoms with Crippen LogP contribution < -0.4 is 5.32 Å². The number of halogens is 2. The number of hydrogen-bond acceptors (Lipinski definition) is 2. The van der Waals surface area contributed by atoms with E-state index in [0.29, 0.717) is 0 Å². The third kappa shape index (κ3) is 3.83. The minimum absolute atomic E-state index is 0.995. The Kier molecular flexibility index (Phi) is 5.33. The molecule has 1 nitrogen and oxygen atoms in total. The molecule has 0 amide bonds.